The lowest BCUT2D eigenvalue weighted by Gasteiger charge is -2.36. The van der Waals surface area contributed by atoms with E-state index in [1.54, 1.807) is 0 Å². The van der Waals surface area contributed by atoms with Crippen molar-refractivity contribution in [2.75, 3.05) is 44.2 Å². The predicted molar refractivity (Wildman–Crippen MR) is 84.2 cm³/mol. The molecule has 1 fully saturated rings. The molecule has 0 aliphatic carbocycles. The summed E-state index contributed by atoms with van der Waals surface area (Å²) in [6, 6.07) is 5.71. The Morgan fingerprint density at radius 2 is 2.14 bits per heavy atom. The van der Waals surface area contributed by atoms with Crippen LogP contribution < -0.4 is 16.0 Å². The van der Waals surface area contributed by atoms with E-state index in [1.165, 1.54) is 0 Å². The van der Waals surface area contributed by atoms with Gasteiger partial charge in [0.05, 0.1) is 6.04 Å². The van der Waals surface area contributed by atoms with Crippen molar-refractivity contribution in [1.29, 1.82) is 0 Å². The first kappa shape index (κ1) is 15.7. The van der Waals surface area contributed by atoms with Gasteiger partial charge in [0.25, 0.3) is 0 Å². The third kappa shape index (κ3) is 4.68. The number of anilines is 1. The molecule has 2 heterocycles. The number of aromatic nitrogens is 1. The molecule has 3 N–H and O–H groups in total. The van der Waals surface area contributed by atoms with Gasteiger partial charge in [-0.05, 0) is 25.1 Å². The molecule has 2 rings (SSSR count). The van der Waals surface area contributed by atoms with Crippen molar-refractivity contribution in [3.63, 3.8) is 0 Å². The number of amides is 1. The lowest BCUT2D eigenvalue weighted by atomic mass is 10.2. The number of nitrogens with one attached hydrogen (secondary N) is 1. The highest BCUT2D eigenvalue weighted by molar-refractivity contribution is 5.80. The third-order valence-electron chi connectivity index (χ3n) is 3.77. The number of piperazine rings is 1. The second-order valence-corrected chi connectivity index (χ2v) is 5.38. The summed E-state index contributed by atoms with van der Waals surface area (Å²) in [4.78, 5) is 20.4. The minimum absolute atomic E-state index is 0.258. The van der Waals surface area contributed by atoms with Gasteiger partial charge in [-0.2, -0.15) is 0 Å². The van der Waals surface area contributed by atoms with Crippen molar-refractivity contribution in [2.24, 2.45) is 5.73 Å². The molecule has 0 radical (unpaired) electrons. The Labute approximate surface area is 126 Å². The summed E-state index contributed by atoms with van der Waals surface area (Å²) in [7, 11) is 0. The molecule has 0 aromatic carbocycles. The first-order valence-electron chi connectivity index (χ1n) is 7.61. The maximum Gasteiger partial charge on any atom is 0.235 e. The van der Waals surface area contributed by atoms with Gasteiger partial charge in [-0.25, -0.2) is 4.98 Å². The second-order valence-electron chi connectivity index (χ2n) is 5.38. The van der Waals surface area contributed by atoms with Crippen molar-refractivity contribution in [1.82, 2.24) is 15.2 Å². The number of hydrogen-bond donors (Lipinski definition) is 2. The number of primary amides is 1. The van der Waals surface area contributed by atoms with Crippen LogP contribution in [0, 0.1) is 0 Å². The molecule has 1 amide bonds. The van der Waals surface area contributed by atoms with E-state index in [-0.39, 0.29) is 11.9 Å². The summed E-state index contributed by atoms with van der Waals surface area (Å²) in [5, 5.41) is 3.22. The number of nitrogens with two attached hydrogens (primary N) is 1. The Kier molecular flexibility index (Phi) is 5.95. The van der Waals surface area contributed by atoms with Crippen molar-refractivity contribution in [2.45, 2.75) is 19.4 Å². The zero-order chi connectivity index (χ0) is 15.1. The van der Waals surface area contributed by atoms with Gasteiger partial charge < -0.3 is 16.0 Å². The van der Waals surface area contributed by atoms with Crippen LogP contribution in [0.3, 0.4) is 0 Å². The SMILES string of the molecule is CCCNC(CN1CCN(c2ccccn2)CC1)C(N)=O. The number of hydrogen-bond acceptors (Lipinski definition) is 5. The average Bonchev–Trinajstić information content (AvgIpc) is 2.52. The Balaban J connectivity index is 1.81. The van der Waals surface area contributed by atoms with Gasteiger partial charge >= 0.3 is 0 Å². The minimum atomic E-state index is -0.268. The predicted octanol–water partition coefficient (Wildman–Crippen LogP) is 0.0571. The molecule has 0 spiro atoms. The fourth-order valence-electron chi connectivity index (χ4n) is 2.53. The number of rotatable bonds is 7. The van der Waals surface area contributed by atoms with E-state index in [0.717, 1.165) is 45.0 Å². The molecule has 1 aromatic heterocycles. The van der Waals surface area contributed by atoms with Crippen LogP contribution in [0.4, 0.5) is 5.82 Å². The highest BCUT2D eigenvalue weighted by Gasteiger charge is 2.22. The van der Waals surface area contributed by atoms with Crippen LogP contribution in [0.25, 0.3) is 0 Å². The van der Waals surface area contributed by atoms with E-state index >= 15 is 0 Å². The van der Waals surface area contributed by atoms with Crippen molar-refractivity contribution >= 4 is 11.7 Å². The van der Waals surface area contributed by atoms with Gasteiger partial charge in [-0.3, -0.25) is 9.69 Å². The van der Waals surface area contributed by atoms with Crippen molar-refractivity contribution in [3.05, 3.63) is 24.4 Å². The molecule has 1 aliphatic heterocycles. The molecule has 1 atom stereocenters. The molecule has 6 heteroatoms. The first-order chi connectivity index (χ1) is 10.2. The molecule has 1 saturated heterocycles. The van der Waals surface area contributed by atoms with Gasteiger partial charge in [0.1, 0.15) is 5.82 Å². The molecule has 0 bridgehead atoms. The zero-order valence-corrected chi connectivity index (χ0v) is 12.7. The van der Waals surface area contributed by atoms with Gasteiger partial charge in [0.15, 0.2) is 0 Å². The van der Waals surface area contributed by atoms with Gasteiger partial charge in [-0.1, -0.05) is 13.0 Å². The smallest absolute Gasteiger partial charge is 0.235 e. The van der Waals surface area contributed by atoms with E-state index < -0.39 is 0 Å². The standard InChI is InChI=1S/C15H25N5O/c1-2-6-17-13(15(16)21)12-19-8-10-20(11-9-19)14-5-3-4-7-18-14/h3-5,7,13,17H,2,6,8-12H2,1H3,(H2,16,21). The molecular weight excluding hydrogens is 266 g/mol. The summed E-state index contributed by atoms with van der Waals surface area (Å²) < 4.78 is 0. The topological polar surface area (TPSA) is 74.5 Å². The summed E-state index contributed by atoms with van der Waals surface area (Å²) >= 11 is 0. The van der Waals surface area contributed by atoms with Gasteiger partial charge in [0, 0.05) is 38.9 Å². The number of carbonyl (C=O) groups excluding carboxylic acids is 1. The second kappa shape index (κ2) is 7.95. The quantitative estimate of drug-likeness (QED) is 0.743. The molecule has 1 unspecified atom stereocenters. The minimum Gasteiger partial charge on any atom is -0.368 e. The number of pyridine rings is 1. The monoisotopic (exact) mass is 291 g/mol. The van der Waals surface area contributed by atoms with E-state index in [9.17, 15) is 4.79 Å². The summed E-state index contributed by atoms with van der Waals surface area (Å²) in [6.45, 7) is 7.29. The molecular formula is C15H25N5O. The van der Waals surface area contributed by atoms with E-state index in [1.807, 2.05) is 24.4 Å². The normalized spacial score (nSPS) is 17.7. The van der Waals surface area contributed by atoms with E-state index in [2.05, 4.69) is 27.0 Å². The number of nitrogens with zero attached hydrogens (tertiary/aromatic N) is 3. The summed E-state index contributed by atoms with van der Waals surface area (Å²) in [5.41, 5.74) is 5.46. The van der Waals surface area contributed by atoms with Crippen LogP contribution in [0.5, 0.6) is 0 Å². The summed E-state index contributed by atoms with van der Waals surface area (Å²) in [6.07, 6.45) is 2.82. The maximum absolute atomic E-state index is 11.5. The van der Waals surface area contributed by atoms with Crippen LogP contribution >= 0.6 is 0 Å². The highest BCUT2D eigenvalue weighted by Crippen LogP contribution is 2.12. The lowest BCUT2D eigenvalue weighted by molar-refractivity contribution is -0.120. The first-order valence-corrected chi connectivity index (χ1v) is 7.61. The van der Waals surface area contributed by atoms with Crippen LogP contribution in [-0.4, -0.2) is 61.1 Å². The fourth-order valence-corrected chi connectivity index (χ4v) is 2.53. The molecule has 0 saturated carbocycles. The van der Waals surface area contributed by atoms with E-state index in [4.69, 9.17) is 5.73 Å². The molecule has 116 valence electrons. The van der Waals surface area contributed by atoms with Gasteiger partial charge in [0.2, 0.25) is 5.91 Å². The Bertz CT molecular complexity index is 431. The van der Waals surface area contributed by atoms with Gasteiger partial charge in [-0.15, -0.1) is 0 Å². The molecule has 1 aromatic rings. The van der Waals surface area contributed by atoms with Crippen LogP contribution in [0.1, 0.15) is 13.3 Å². The summed E-state index contributed by atoms with van der Waals surface area (Å²) in [5.74, 6) is 0.753. The Morgan fingerprint density at radius 3 is 2.71 bits per heavy atom. The van der Waals surface area contributed by atoms with Crippen molar-refractivity contribution < 1.29 is 4.79 Å². The average molecular weight is 291 g/mol. The lowest BCUT2D eigenvalue weighted by Crippen LogP contribution is -2.54. The molecule has 6 nitrogen and oxygen atoms in total. The van der Waals surface area contributed by atoms with E-state index in [0.29, 0.717) is 6.54 Å². The van der Waals surface area contributed by atoms with Crippen LogP contribution in [-0.2, 0) is 4.79 Å². The van der Waals surface area contributed by atoms with Crippen LogP contribution in [0.2, 0.25) is 0 Å². The zero-order valence-electron chi connectivity index (χ0n) is 12.7. The molecule has 1 aliphatic rings. The number of carbonyl (C=O) groups is 1. The largest absolute Gasteiger partial charge is 0.368 e. The van der Waals surface area contributed by atoms with Crippen molar-refractivity contribution in [3.8, 4) is 0 Å². The Hall–Kier alpha value is -1.66. The van der Waals surface area contributed by atoms with Crippen LogP contribution in [0.15, 0.2) is 24.4 Å². The Morgan fingerprint density at radius 1 is 1.38 bits per heavy atom. The fraction of sp³-hybridized carbons (Fsp3) is 0.600. The third-order valence-corrected chi connectivity index (χ3v) is 3.77. The highest BCUT2D eigenvalue weighted by atomic mass is 16.1. The maximum atomic E-state index is 11.5. The molecule has 21 heavy (non-hydrogen) atoms.